The fraction of sp³-hybridized carbons (Fsp3) is 0.364. The summed E-state index contributed by atoms with van der Waals surface area (Å²) in [6, 6.07) is 5.94. The molecule has 3 N–H and O–H groups in total. The predicted octanol–water partition coefficient (Wildman–Crippen LogP) is 4.15. The van der Waals surface area contributed by atoms with E-state index < -0.39 is 11.7 Å². The number of nitrogens with zero attached hydrogens (tertiary/aromatic N) is 4. The average Bonchev–Trinajstić information content (AvgIpc) is 3.28. The number of amides is 1. The van der Waals surface area contributed by atoms with Crippen molar-refractivity contribution in [1.29, 1.82) is 0 Å². The maximum atomic E-state index is 12.7. The van der Waals surface area contributed by atoms with E-state index in [0.717, 1.165) is 17.0 Å². The number of halogens is 3. The van der Waals surface area contributed by atoms with Gasteiger partial charge in [-0.05, 0) is 44.0 Å². The van der Waals surface area contributed by atoms with Gasteiger partial charge in [-0.1, -0.05) is 11.3 Å². The third-order valence-corrected chi connectivity index (χ3v) is 6.53. The van der Waals surface area contributed by atoms with Gasteiger partial charge in [0.1, 0.15) is 17.8 Å². The van der Waals surface area contributed by atoms with Crippen LogP contribution < -0.4 is 15.5 Å². The molecule has 1 amide bonds. The molecule has 12 heteroatoms. The minimum absolute atomic E-state index is 0.232. The summed E-state index contributed by atoms with van der Waals surface area (Å²) in [4.78, 5) is 28.1. The number of anilines is 3. The second-order valence-electron chi connectivity index (χ2n) is 7.94. The van der Waals surface area contributed by atoms with Crippen molar-refractivity contribution >= 4 is 33.9 Å². The van der Waals surface area contributed by atoms with Crippen LogP contribution in [0.4, 0.5) is 29.8 Å². The van der Waals surface area contributed by atoms with E-state index in [1.165, 1.54) is 29.8 Å². The van der Waals surface area contributed by atoms with E-state index in [9.17, 15) is 23.1 Å². The third kappa shape index (κ3) is 5.81. The highest BCUT2D eigenvalue weighted by atomic mass is 32.1. The molecule has 3 heterocycles. The van der Waals surface area contributed by atoms with Crippen LogP contribution in [0.5, 0.6) is 0 Å². The zero-order valence-corrected chi connectivity index (χ0v) is 19.0. The Morgan fingerprint density at radius 1 is 1.18 bits per heavy atom. The first-order chi connectivity index (χ1) is 16.2. The Balaban J connectivity index is 1.36. The average molecular weight is 493 g/mol. The highest BCUT2D eigenvalue weighted by Gasteiger charge is 2.30. The molecule has 1 aliphatic rings. The van der Waals surface area contributed by atoms with Crippen LogP contribution in [-0.2, 0) is 6.18 Å². The number of carbonyl (C=O) groups is 1. The van der Waals surface area contributed by atoms with Crippen LogP contribution in [0.3, 0.4) is 0 Å². The number of piperidine rings is 1. The second kappa shape index (κ2) is 9.94. The van der Waals surface area contributed by atoms with E-state index in [4.69, 9.17) is 0 Å². The summed E-state index contributed by atoms with van der Waals surface area (Å²) < 4.78 is 38.1. The summed E-state index contributed by atoms with van der Waals surface area (Å²) in [5.41, 5.74) is -0.0140. The maximum absolute atomic E-state index is 12.7. The molecule has 1 aliphatic heterocycles. The van der Waals surface area contributed by atoms with Gasteiger partial charge in [0.2, 0.25) is 0 Å². The summed E-state index contributed by atoms with van der Waals surface area (Å²) in [5.74, 6) is 0.277. The standard InChI is InChI=1S/C22H23F3N6O2S/c1-13(18-11-26-21(34-18)30-15-4-2-14(3-5-15)22(23,24)25)29-20(33)17-10-19(28-12-27-17)31-8-6-16(32)7-9-31/h2-5,10-13,16,32H,6-9H2,1H3,(H,26,30)(H,29,33). The Labute approximate surface area is 197 Å². The minimum Gasteiger partial charge on any atom is -0.393 e. The number of alkyl halides is 3. The quantitative estimate of drug-likeness (QED) is 0.475. The summed E-state index contributed by atoms with van der Waals surface area (Å²) >= 11 is 1.28. The molecule has 8 nitrogen and oxygen atoms in total. The van der Waals surface area contributed by atoms with Gasteiger partial charge in [0.15, 0.2) is 5.13 Å². The van der Waals surface area contributed by atoms with Crippen molar-refractivity contribution < 1.29 is 23.1 Å². The molecule has 1 fully saturated rings. The molecule has 180 valence electrons. The van der Waals surface area contributed by atoms with Crippen molar-refractivity contribution in [2.45, 2.75) is 38.1 Å². The maximum Gasteiger partial charge on any atom is 0.416 e. The number of carbonyl (C=O) groups excluding carboxylic acids is 1. The van der Waals surface area contributed by atoms with Gasteiger partial charge >= 0.3 is 6.18 Å². The Kier molecular flexibility index (Phi) is 6.98. The molecule has 1 aromatic carbocycles. The first-order valence-electron chi connectivity index (χ1n) is 10.6. The fourth-order valence-electron chi connectivity index (χ4n) is 3.49. The highest BCUT2D eigenvalue weighted by molar-refractivity contribution is 7.15. The van der Waals surface area contributed by atoms with E-state index in [2.05, 4.69) is 25.6 Å². The van der Waals surface area contributed by atoms with Crippen molar-refractivity contribution in [2.24, 2.45) is 0 Å². The Hall–Kier alpha value is -3.25. The van der Waals surface area contributed by atoms with Gasteiger partial charge < -0.3 is 20.6 Å². The first kappa shape index (κ1) is 23.9. The number of aromatic nitrogens is 3. The summed E-state index contributed by atoms with van der Waals surface area (Å²) in [7, 11) is 0. The van der Waals surface area contributed by atoms with Gasteiger partial charge in [-0.25, -0.2) is 15.0 Å². The largest absolute Gasteiger partial charge is 0.416 e. The molecule has 1 saturated heterocycles. The molecule has 0 radical (unpaired) electrons. The van der Waals surface area contributed by atoms with E-state index in [-0.39, 0.29) is 23.7 Å². The number of thiazole rings is 1. The molecule has 2 aromatic heterocycles. The third-order valence-electron chi connectivity index (χ3n) is 5.44. The highest BCUT2D eigenvalue weighted by Crippen LogP contribution is 2.31. The number of aliphatic hydroxyl groups is 1. The first-order valence-corrected chi connectivity index (χ1v) is 11.5. The number of hydrogen-bond donors (Lipinski definition) is 3. The number of aliphatic hydroxyl groups excluding tert-OH is 1. The van der Waals surface area contributed by atoms with E-state index in [1.807, 2.05) is 4.90 Å². The molecule has 34 heavy (non-hydrogen) atoms. The van der Waals surface area contributed by atoms with Crippen molar-refractivity contribution in [1.82, 2.24) is 20.3 Å². The fourth-order valence-corrected chi connectivity index (χ4v) is 4.33. The van der Waals surface area contributed by atoms with Gasteiger partial charge in [-0.15, -0.1) is 0 Å². The minimum atomic E-state index is -4.39. The molecule has 0 spiro atoms. The lowest BCUT2D eigenvalue weighted by Crippen LogP contribution is -2.36. The Morgan fingerprint density at radius 2 is 1.88 bits per heavy atom. The predicted molar refractivity (Wildman–Crippen MR) is 122 cm³/mol. The van der Waals surface area contributed by atoms with Crippen molar-refractivity contribution in [3.63, 3.8) is 0 Å². The Bertz CT molecular complexity index is 1130. The molecule has 4 rings (SSSR count). The monoisotopic (exact) mass is 492 g/mol. The van der Waals surface area contributed by atoms with E-state index >= 15 is 0 Å². The van der Waals surface area contributed by atoms with Crippen LogP contribution in [0.15, 0.2) is 42.9 Å². The Morgan fingerprint density at radius 3 is 2.56 bits per heavy atom. The topological polar surface area (TPSA) is 103 Å². The van der Waals surface area contributed by atoms with Crippen LogP contribution in [0.2, 0.25) is 0 Å². The lowest BCUT2D eigenvalue weighted by molar-refractivity contribution is -0.137. The van der Waals surface area contributed by atoms with Gasteiger partial charge in [-0.2, -0.15) is 13.2 Å². The van der Waals surface area contributed by atoms with Crippen molar-refractivity contribution in [3.8, 4) is 0 Å². The molecule has 1 atom stereocenters. The van der Waals surface area contributed by atoms with Gasteiger partial charge in [0.25, 0.3) is 5.91 Å². The van der Waals surface area contributed by atoms with Crippen molar-refractivity contribution in [2.75, 3.05) is 23.3 Å². The van der Waals surface area contributed by atoms with Crippen LogP contribution in [0.25, 0.3) is 0 Å². The van der Waals surface area contributed by atoms with E-state index in [0.29, 0.717) is 42.6 Å². The zero-order valence-electron chi connectivity index (χ0n) is 18.2. The molecule has 0 bridgehead atoms. The number of benzene rings is 1. The summed E-state index contributed by atoms with van der Waals surface area (Å²) in [6.45, 7) is 3.12. The molecule has 0 aliphatic carbocycles. The zero-order chi connectivity index (χ0) is 24.3. The molecule has 3 aromatic rings. The normalized spacial score (nSPS) is 15.7. The molecular weight excluding hydrogens is 469 g/mol. The smallest absolute Gasteiger partial charge is 0.393 e. The lowest BCUT2D eigenvalue weighted by Gasteiger charge is -2.30. The second-order valence-corrected chi connectivity index (χ2v) is 9.00. The lowest BCUT2D eigenvalue weighted by atomic mass is 10.1. The summed E-state index contributed by atoms with van der Waals surface area (Å²) in [5, 5.41) is 16.0. The van der Waals surface area contributed by atoms with Gasteiger partial charge in [0, 0.05) is 35.9 Å². The van der Waals surface area contributed by atoms with Gasteiger partial charge in [-0.3, -0.25) is 4.79 Å². The van der Waals surface area contributed by atoms with Gasteiger partial charge in [0.05, 0.1) is 17.7 Å². The molecular formula is C22H23F3N6O2S. The van der Waals surface area contributed by atoms with Crippen LogP contribution in [-0.4, -0.2) is 45.2 Å². The summed E-state index contributed by atoms with van der Waals surface area (Å²) in [6.07, 6.45) is -0.445. The number of rotatable bonds is 6. The molecule has 0 saturated carbocycles. The van der Waals surface area contributed by atoms with Crippen LogP contribution >= 0.6 is 11.3 Å². The number of hydrogen-bond acceptors (Lipinski definition) is 8. The van der Waals surface area contributed by atoms with E-state index in [1.54, 1.807) is 19.2 Å². The van der Waals surface area contributed by atoms with Crippen LogP contribution in [0.1, 0.15) is 46.7 Å². The molecule has 1 unspecified atom stereocenters. The SMILES string of the molecule is CC(NC(=O)c1cc(N2CCC(O)CC2)ncn1)c1cnc(Nc2ccc(C(F)(F)F)cc2)s1. The van der Waals surface area contributed by atoms with Crippen LogP contribution in [0, 0.1) is 0 Å². The number of nitrogens with one attached hydrogen (secondary N) is 2. The van der Waals surface area contributed by atoms with Crippen molar-refractivity contribution in [3.05, 3.63) is 59.0 Å².